The van der Waals surface area contributed by atoms with Crippen molar-refractivity contribution >= 4 is 11.5 Å². The molecule has 82 valence electrons. The minimum atomic E-state index is 0.890. The van der Waals surface area contributed by atoms with E-state index in [4.69, 9.17) is 0 Å². The quantitative estimate of drug-likeness (QED) is 0.776. The Bertz CT molecular complexity index is 307. The highest BCUT2D eigenvalue weighted by Crippen LogP contribution is 2.26. The number of hydrogen-bond donors (Lipinski definition) is 2. The molecule has 1 saturated carbocycles. The number of pyridine rings is 1. The van der Waals surface area contributed by atoms with E-state index in [2.05, 4.69) is 28.6 Å². The Morgan fingerprint density at radius 1 is 1.40 bits per heavy atom. The van der Waals surface area contributed by atoms with Crippen molar-refractivity contribution in [2.75, 3.05) is 23.7 Å². The average Bonchev–Trinajstić information content (AvgIpc) is 2.16. The summed E-state index contributed by atoms with van der Waals surface area (Å²) >= 11 is 0. The summed E-state index contributed by atoms with van der Waals surface area (Å²) in [6.07, 6.45) is 6.03. The molecule has 3 nitrogen and oxygen atoms in total. The molecule has 0 aromatic carbocycles. The lowest BCUT2D eigenvalue weighted by Gasteiger charge is -2.25. The van der Waals surface area contributed by atoms with Crippen LogP contribution in [0, 0.1) is 5.92 Å². The van der Waals surface area contributed by atoms with Crippen molar-refractivity contribution in [1.82, 2.24) is 4.98 Å². The van der Waals surface area contributed by atoms with Crippen molar-refractivity contribution in [3.05, 3.63) is 18.3 Å². The van der Waals surface area contributed by atoms with Crippen LogP contribution in [0.15, 0.2) is 18.3 Å². The molecule has 1 fully saturated rings. The van der Waals surface area contributed by atoms with Crippen LogP contribution in [0.25, 0.3) is 0 Å². The maximum atomic E-state index is 4.24. The van der Waals surface area contributed by atoms with Crippen LogP contribution in [0.2, 0.25) is 0 Å². The fourth-order valence-electron chi connectivity index (χ4n) is 1.78. The normalized spacial score (nSPS) is 15.8. The fourth-order valence-corrected chi connectivity index (χ4v) is 1.78. The summed E-state index contributed by atoms with van der Waals surface area (Å²) in [6.45, 7) is 4.10. The van der Waals surface area contributed by atoms with Gasteiger partial charge in [0.1, 0.15) is 5.82 Å². The largest absolute Gasteiger partial charge is 0.385 e. The second-order valence-electron chi connectivity index (χ2n) is 4.14. The van der Waals surface area contributed by atoms with Gasteiger partial charge in [0.25, 0.3) is 0 Å². The van der Waals surface area contributed by atoms with Crippen molar-refractivity contribution < 1.29 is 0 Å². The van der Waals surface area contributed by atoms with Crippen molar-refractivity contribution in [2.45, 2.75) is 26.2 Å². The molecule has 0 amide bonds. The predicted molar refractivity (Wildman–Crippen MR) is 64.2 cm³/mol. The molecule has 2 N–H and O–H groups in total. The predicted octanol–water partition coefficient (Wildman–Crippen LogP) is 2.73. The van der Waals surface area contributed by atoms with Crippen LogP contribution < -0.4 is 10.6 Å². The summed E-state index contributed by atoms with van der Waals surface area (Å²) in [5.74, 6) is 1.84. The van der Waals surface area contributed by atoms with E-state index in [0.717, 1.165) is 24.8 Å². The molecular formula is C12H19N3. The van der Waals surface area contributed by atoms with E-state index in [1.54, 1.807) is 0 Å². The number of nitrogens with one attached hydrogen (secondary N) is 2. The van der Waals surface area contributed by atoms with Gasteiger partial charge in [-0.05, 0) is 31.7 Å². The first-order valence-electron chi connectivity index (χ1n) is 5.82. The first-order valence-corrected chi connectivity index (χ1v) is 5.82. The van der Waals surface area contributed by atoms with Crippen molar-refractivity contribution in [3.8, 4) is 0 Å². The number of rotatable bonds is 5. The molecule has 0 radical (unpaired) electrons. The van der Waals surface area contributed by atoms with E-state index in [-0.39, 0.29) is 0 Å². The molecule has 1 aliphatic carbocycles. The van der Waals surface area contributed by atoms with E-state index in [1.165, 1.54) is 24.9 Å². The summed E-state index contributed by atoms with van der Waals surface area (Å²) in [7, 11) is 0. The Labute approximate surface area is 91.3 Å². The third kappa shape index (κ3) is 2.85. The first kappa shape index (κ1) is 10.3. The molecule has 1 aromatic rings. The molecule has 1 aliphatic rings. The molecule has 0 bridgehead atoms. The number of nitrogens with zero attached hydrogens (tertiary/aromatic N) is 1. The van der Waals surface area contributed by atoms with Gasteiger partial charge >= 0.3 is 0 Å². The van der Waals surface area contributed by atoms with Gasteiger partial charge in [0.05, 0.1) is 0 Å². The Hall–Kier alpha value is -1.25. The van der Waals surface area contributed by atoms with Crippen molar-refractivity contribution in [1.29, 1.82) is 0 Å². The standard InChI is InChI=1S/C12H19N3/c1-2-13-12-8-11(6-7-14-12)15-9-10-4-3-5-10/h6-8,10H,2-5,9H2,1H3,(H2,13,14,15). The molecule has 0 spiro atoms. The molecule has 0 saturated heterocycles. The molecule has 3 heteroatoms. The summed E-state index contributed by atoms with van der Waals surface area (Å²) in [5.41, 5.74) is 1.17. The minimum absolute atomic E-state index is 0.890. The second kappa shape index (κ2) is 5.01. The van der Waals surface area contributed by atoms with Crippen LogP contribution in [0.1, 0.15) is 26.2 Å². The van der Waals surface area contributed by atoms with Gasteiger partial charge in [0, 0.05) is 31.0 Å². The zero-order chi connectivity index (χ0) is 10.5. The van der Waals surface area contributed by atoms with Crippen LogP contribution in [-0.4, -0.2) is 18.1 Å². The molecule has 1 heterocycles. The second-order valence-corrected chi connectivity index (χ2v) is 4.14. The van der Waals surface area contributed by atoms with E-state index in [1.807, 2.05) is 12.3 Å². The molecule has 0 atom stereocenters. The van der Waals surface area contributed by atoms with Gasteiger partial charge < -0.3 is 10.6 Å². The molecule has 15 heavy (non-hydrogen) atoms. The van der Waals surface area contributed by atoms with Gasteiger partial charge in [-0.15, -0.1) is 0 Å². The fraction of sp³-hybridized carbons (Fsp3) is 0.583. The Kier molecular flexibility index (Phi) is 3.43. The van der Waals surface area contributed by atoms with E-state index in [0.29, 0.717) is 0 Å². The molecule has 0 aliphatic heterocycles. The van der Waals surface area contributed by atoms with Crippen LogP contribution in [-0.2, 0) is 0 Å². The summed E-state index contributed by atoms with van der Waals surface area (Å²) < 4.78 is 0. The van der Waals surface area contributed by atoms with E-state index >= 15 is 0 Å². The van der Waals surface area contributed by atoms with Gasteiger partial charge in [-0.1, -0.05) is 6.42 Å². The molecule has 2 rings (SSSR count). The van der Waals surface area contributed by atoms with Gasteiger partial charge in [0.2, 0.25) is 0 Å². The Balaban J connectivity index is 1.86. The third-order valence-corrected chi connectivity index (χ3v) is 2.94. The third-order valence-electron chi connectivity index (χ3n) is 2.94. The summed E-state index contributed by atoms with van der Waals surface area (Å²) in [6, 6.07) is 4.10. The van der Waals surface area contributed by atoms with Gasteiger partial charge in [-0.25, -0.2) is 4.98 Å². The summed E-state index contributed by atoms with van der Waals surface area (Å²) in [4.78, 5) is 4.24. The zero-order valence-electron chi connectivity index (χ0n) is 9.29. The maximum Gasteiger partial charge on any atom is 0.127 e. The lowest BCUT2D eigenvalue weighted by atomic mass is 9.85. The van der Waals surface area contributed by atoms with Gasteiger partial charge in [0.15, 0.2) is 0 Å². The minimum Gasteiger partial charge on any atom is -0.385 e. The van der Waals surface area contributed by atoms with E-state index in [9.17, 15) is 0 Å². The topological polar surface area (TPSA) is 37.0 Å². The van der Waals surface area contributed by atoms with Gasteiger partial charge in [-0.2, -0.15) is 0 Å². The first-order chi connectivity index (χ1) is 7.38. The van der Waals surface area contributed by atoms with Gasteiger partial charge in [-0.3, -0.25) is 0 Å². The zero-order valence-corrected chi connectivity index (χ0v) is 9.29. The highest BCUT2D eigenvalue weighted by molar-refractivity contribution is 5.51. The van der Waals surface area contributed by atoms with Crippen molar-refractivity contribution in [2.24, 2.45) is 5.92 Å². The monoisotopic (exact) mass is 205 g/mol. The number of hydrogen-bond acceptors (Lipinski definition) is 3. The SMILES string of the molecule is CCNc1cc(NCC2CCC2)ccn1. The molecule has 0 unspecified atom stereocenters. The molecular weight excluding hydrogens is 186 g/mol. The van der Waals surface area contributed by atoms with Crippen molar-refractivity contribution in [3.63, 3.8) is 0 Å². The summed E-state index contributed by atoms with van der Waals surface area (Å²) in [5, 5.41) is 6.68. The Morgan fingerprint density at radius 3 is 2.93 bits per heavy atom. The molecule has 1 aromatic heterocycles. The Morgan fingerprint density at radius 2 is 2.27 bits per heavy atom. The van der Waals surface area contributed by atoms with Crippen LogP contribution in [0.4, 0.5) is 11.5 Å². The van der Waals surface area contributed by atoms with Crippen LogP contribution in [0.5, 0.6) is 0 Å². The van der Waals surface area contributed by atoms with Crippen LogP contribution >= 0.6 is 0 Å². The highest BCUT2D eigenvalue weighted by Gasteiger charge is 2.16. The number of aromatic nitrogens is 1. The number of anilines is 2. The smallest absolute Gasteiger partial charge is 0.127 e. The lowest BCUT2D eigenvalue weighted by molar-refractivity contribution is 0.333. The highest BCUT2D eigenvalue weighted by atomic mass is 15.0. The van der Waals surface area contributed by atoms with Crippen LogP contribution in [0.3, 0.4) is 0 Å². The van der Waals surface area contributed by atoms with E-state index < -0.39 is 0 Å². The maximum absolute atomic E-state index is 4.24. The average molecular weight is 205 g/mol. The lowest BCUT2D eigenvalue weighted by Crippen LogP contribution is -2.20.